The number of carbonyl (C=O) groups is 1. The van der Waals surface area contributed by atoms with E-state index in [1.54, 1.807) is 18.9 Å². The second-order valence-electron chi connectivity index (χ2n) is 3.35. The minimum atomic E-state index is -0.504. The van der Waals surface area contributed by atoms with Crippen molar-refractivity contribution < 1.29 is 9.90 Å². The quantitative estimate of drug-likeness (QED) is 0.777. The van der Waals surface area contributed by atoms with E-state index >= 15 is 0 Å². The summed E-state index contributed by atoms with van der Waals surface area (Å²) in [5.74, 6) is -0.0206. The Morgan fingerprint density at radius 3 is 2.64 bits per heavy atom. The molecule has 1 aromatic rings. The molecule has 0 aromatic heterocycles. The lowest BCUT2D eigenvalue weighted by Crippen LogP contribution is -2.22. The molecule has 1 amide bonds. The van der Waals surface area contributed by atoms with Gasteiger partial charge in [-0.2, -0.15) is 0 Å². The molecule has 0 aliphatic heterocycles. The molecular formula is C11H15NO2. The maximum atomic E-state index is 11.1. The number of benzene rings is 1. The van der Waals surface area contributed by atoms with E-state index < -0.39 is 6.10 Å². The maximum Gasteiger partial charge on any atom is 0.223 e. The van der Waals surface area contributed by atoms with Crippen LogP contribution in [-0.4, -0.2) is 18.1 Å². The molecule has 0 aliphatic carbocycles. The Hall–Kier alpha value is -1.35. The molecule has 1 unspecified atom stereocenters. The van der Waals surface area contributed by atoms with Gasteiger partial charge in [0.25, 0.3) is 0 Å². The van der Waals surface area contributed by atoms with Crippen LogP contribution in [0.5, 0.6) is 0 Å². The van der Waals surface area contributed by atoms with Crippen LogP contribution in [0.2, 0.25) is 0 Å². The van der Waals surface area contributed by atoms with Crippen LogP contribution in [0.25, 0.3) is 0 Å². The Bertz CT molecular complexity index is 334. The molecule has 0 saturated carbocycles. The molecule has 0 saturated heterocycles. The first-order chi connectivity index (χ1) is 6.52. The van der Waals surface area contributed by atoms with Crippen LogP contribution in [0, 0.1) is 0 Å². The van der Waals surface area contributed by atoms with Gasteiger partial charge in [0.1, 0.15) is 0 Å². The number of amides is 1. The van der Waals surface area contributed by atoms with Gasteiger partial charge < -0.3 is 10.0 Å². The molecule has 3 nitrogen and oxygen atoms in total. The highest BCUT2D eigenvalue weighted by atomic mass is 16.3. The Morgan fingerprint density at radius 1 is 1.50 bits per heavy atom. The Balaban J connectivity index is 2.99. The van der Waals surface area contributed by atoms with E-state index in [-0.39, 0.29) is 5.91 Å². The van der Waals surface area contributed by atoms with Gasteiger partial charge >= 0.3 is 0 Å². The highest BCUT2D eigenvalue weighted by Gasteiger charge is 2.07. The van der Waals surface area contributed by atoms with Gasteiger partial charge in [-0.05, 0) is 24.6 Å². The van der Waals surface area contributed by atoms with Crippen LogP contribution in [-0.2, 0) is 4.79 Å². The normalized spacial score (nSPS) is 12.3. The smallest absolute Gasteiger partial charge is 0.223 e. The van der Waals surface area contributed by atoms with Crippen molar-refractivity contribution in [1.82, 2.24) is 0 Å². The first-order valence-corrected chi connectivity index (χ1v) is 4.54. The van der Waals surface area contributed by atoms with E-state index in [4.69, 9.17) is 0 Å². The zero-order valence-electron chi connectivity index (χ0n) is 8.69. The van der Waals surface area contributed by atoms with Crippen molar-refractivity contribution in [2.24, 2.45) is 0 Å². The average molecular weight is 193 g/mol. The molecule has 1 atom stereocenters. The number of carbonyl (C=O) groups excluding carboxylic acids is 1. The lowest BCUT2D eigenvalue weighted by Gasteiger charge is -2.16. The monoisotopic (exact) mass is 193 g/mol. The molecule has 1 rings (SSSR count). The summed E-state index contributed by atoms with van der Waals surface area (Å²) >= 11 is 0. The van der Waals surface area contributed by atoms with Crippen molar-refractivity contribution in [2.75, 3.05) is 11.9 Å². The summed E-state index contributed by atoms with van der Waals surface area (Å²) in [6, 6.07) is 7.32. The van der Waals surface area contributed by atoms with Gasteiger partial charge in [0, 0.05) is 19.7 Å². The van der Waals surface area contributed by atoms with Crippen molar-refractivity contribution in [2.45, 2.75) is 20.0 Å². The van der Waals surface area contributed by atoms with Crippen molar-refractivity contribution in [3.63, 3.8) is 0 Å². The van der Waals surface area contributed by atoms with Gasteiger partial charge in [0.15, 0.2) is 0 Å². The number of anilines is 1. The summed E-state index contributed by atoms with van der Waals surface area (Å²) in [7, 11) is 1.71. The number of aliphatic hydroxyl groups excluding tert-OH is 1. The second kappa shape index (κ2) is 4.24. The topological polar surface area (TPSA) is 40.5 Å². The van der Waals surface area contributed by atoms with Crippen LogP contribution in [0.1, 0.15) is 25.5 Å². The minimum absolute atomic E-state index is 0.0206. The van der Waals surface area contributed by atoms with Gasteiger partial charge in [-0.3, -0.25) is 4.79 Å². The van der Waals surface area contributed by atoms with Gasteiger partial charge in [0.2, 0.25) is 5.91 Å². The summed E-state index contributed by atoms with van der Waals surface area (Å²) in [6.07, 6.45) is -0.504. The molecule has 0 heterocycles. The highest BCUT2D eigenvalue weighted by molar-refractivity contribution is 5.90. The summed E-state index contributed by atoms with van der Waals surface area (Å²) < 4.78 is 0. The van der Waals surface area contributed by atoms with Crippen LogP contribution < -0.4 is 4.90 Å². The van der Waals surface area contributed by atoms with E-state index in [9.17, 15) is 9.90 Å². The molecule has 0 radical (unpaired) electrons. The molecule has 0 spiro atoms. The summed E-state index contributed by atoms with van der Waals surface area (Å²) in [6.45, 7) is 3.21. The lowest BCUT2D eigenvalue weighted by atomic mass is 10.1. The highest BCUT2D eigenvalue weighted by Crippen LogP contribution is 2.19. The fraction of sp³-hybridized carbons (Fsp3) is 0.364. The lowest BCUT2D eigenvalue weighted by molar-refractivity contribution is -0.116. The Kier molecular flexibility index (Phi) is 3.25. The largest absolute Gasteiger partial charge is 0.389 e. The predicted octanol–water partition coefficient (Wildman–Crippen LogP) is 1.72. The second-order valence-corrected chi connectivity index (χ2v) is 3.35. The number of rotatable bonds is 2. The maximum absolute atomic E-state index is 11.1. The third kappa shape index (κ3) is 2.33. The fourth-order valence-corrected chi connectivity index (χ4v) is 1.18. The zero-order chi connectivity index (χ0) is 10.7. The predicted molar refractivity (Wildman–Crippen MR) is 56.2 cm³/mol. The van der Waals surface area contributed by atoms with Crippen LogP contribution in [0.15, 0.2) is 24.3 Å². The van der Waals surface area contributed by atoms with E-state index in [1.165, 1.54) is 6.92 Å². The SMILES string of the molecule is CC(=O)N(C)c1cccc(C(C)O)c1. The van der Waals surface area contributed by atoms with Crippen molar-refractivity contribution >= 4 is 11.6 Å². The number of aliphatic hydroxyl groups is 1. The number of nitrogens with zero attached hydrogens (tertiary/aromatic N) is 1. The number of hydrogen-bond acceptors (Lipinski definition) is 2. The van der Waals surface area contributed by atoms with Crippen LogP contribution in [0.4, 0.5) is 5.69 Å². The molecule has 0 aliphatic rings. The molecule has 0 bridgehead atoms. The third-order valence-corrected chi connectivity index (χ3v) is 2.21. The number of hydrogen-bond donors (Lipinski definition) is 1. The first-order valence-electron chi connectivity index (χ1n) is 4.54. The van der Waals surface area contributed by atoms with E-state index in [0.717, 1.165) is 11.3 Å². The van der Waals surface area contributed by atoms with E-state index in [0.29, 0.717) is 0 Å². The molecular weight excluding hydrogens is 178 g/mol. The van der Waals surface area contributed by atoms with Gasteiger partial charge in [-0.25, -0.2) is 0 Å². The fourth-order valence-electron chi connectivity index (χ4n) is 1.18. The van der Waals surface area contributed by atoms with Gasteiger partial charge in [-0.15, -0.1) is 0 Å². The molecule has 76 valence electrons. The molecule has 1 N–H and O–H groups in total. The van der Waals surface area contributed by atoms with E-state index in [2.05, 4.69) is 0 Å². The molecule has 14 heavy (non-hydrogen) atoms. The van der Waals surface area contributed by atoms with Crippen LogP contribution in [0.3, 0.4) is 0 Å². The summed E-state index contributed by atoms with van der Waals surface area (Å²) in [5, 5.41) is 9.37. The van der Waals surface area contributed by atoms with Gasteiger partial charge in [-0.1, -0.05) is 12.1 Å². The molecule has 0 fully saturated rings. The van der Waals surface area contributed by atoms with E-state index in [1.807, 2.05) is 24.3 Å². The summed E-state index contributed by atoms with van der Waals surface area (Å²) in [4.78, 5) is 12.6. The van der Waals surface area contributed by atoms with Crippen molar-refractivity contribution in [3.8, 4) is 0 Å². The zero-order valence-corrected chi connectivity index (χ0v) is 8.69. The minimum Gasteiger partial charge on any atom is -0.389 e. The average Bonchev–Trinajstić information content (AvgIpc) is 2.16. The molecule has 1 aromatic carbocycles. The third-order valence-electron chi connectivity index (χ3n) is 2.21. The van der Waals surface area contributed by atoms with Gasteiger partial charge in [0.05, 0.1) is 6.10 Å². The van der Waals surface area contributed by atoms with Crippen molar-refractivity contribution in [1.29, 1.82) is 0 Å². The summed E-state index contributed by atoms with van der Waals surface area (Å²) in [5.41, 5.74) is 1.62. The first kappa shape index (κ1) is 10.7. The van der Waals surface area contributed by atoms with Crippen molar-refractivity contribution in [3.05, 3.63) is 29.8 Å². The Morgan fingerprint density at radius 2 is 2.14 bits per heavy atom. The Labute approximate surface area is 84.0 Å². The van der Waals surface area contributed by atoms with Crippen LogP contribution >= 0.6 is 0 Å². The standard InChI is InChI=1S/C11H15NO2/c1-8(13)10-5-4-6-11(7-10)12(3)9(2)14/h4-8,13H,1-3H3. The molecule has 3 heteroatoms.